The number of nitrogens with zero attached hydrogens (tertiary/aromatic N) is 2. The Labute approximate surface area is 132 Å². The first-order chi connectivity index (χ1) is 10.1. The number of halogens is 2. The van der Waals surface area contributed by atoms with Crippen LogP contribution in [0, 0.1) is 11.8 Å². The third kappa shape index (κ3) is 3.01. The fourth-order valence-electron chi connectivity index (χ4n) is 2.70. The zero-order chi connectivity index (χ0) is 15.0. The Bertz CT molecular complexity index is 692. The van der Waals surface area contributed by atoms with E-state index in [0.717, 1.165) is 5.56 Å². The molecule has 1 aromatic carbocycles. The number of anilines is 1. The van der Waals surface area contributed by atoms with Crippen LogP contribution < -0.4 is 5.32 Å². The number of benzene rings is 1. The largest absolute Gasteiger partial charge is 0.310 e. The predicted octanol–water partition coefficient (Wildman–Crippen LogP) is 3.77. The summed E-state index contributed by atoms with van der Waals surface area (Å²) in [5.41, 5.74) is 1.09. The van der Waals surface area contributed by atoms with E-state index in [4.69, 9.17) is 23.2 Å². The monoisotopic (exact) mass is 321 g/mol. The molecule has 1 amide bonds. The molecule has 1 saturated carbocycles. The zero-order valence-corrected chi connectivity index (χ0v) is 12.8. The second-order valence-electron chi connectivity index (χ2n) is 5.18. The van der Waals surface area contributed by atoms with Crippen molar-refractivity contribution in [1.29, 1.82) is 0 Å². The molecule has 21 heavy (non-hydrogen) atoms. The number of carbonyl (C=O) groups excluding carboxylic acids is 1. The lowest BCUT2D eigenvalue weighted by Crippen LogP contribution is -2.16. The number of nitrogens with one attached hydrogen (secondary N) is 1. The third-order valence-electron chi connectivity index (χ3n) is 3.80. The highest BCUT2D eigenvalue weighted by Crippen LogP contribution is 2.54. The predicted molar refractivity (Wildman–Crippen MR) is 82.5 cm³/mol. The van der Waals surface area contributed by atoms with Gasteiger partial charge in [-0.2, -0.15) is 0 Å². The van der Waals surface area contributed by atoms with Gasteiger partial charge in [-0.1, -0.05) is 42.3 Å². The van der Waals surface area contributed by atoms with E-state index in [0.29, 0.717) is 16.0 Å². The molecule has 0 unspecified atom stereocenters. The zero-order valence-electron chi connectivity index (χ0n) is 11.3. The maximum Gasteiger partial charge on any atom is 0.229 e. The van der Waals surface area contributed by atoms with Gasteiger partial charge in [0.05, 0.1) is 0 Å². The summed E-state index contributed by atoms with van der Waals surface area (Å²) in [5.74, 6) is 0.769. The van der Waals surface area contributed by atoms with Gasteiger partial charge in [0.15, 0.2) is 0 Å². The lowest BCUT2D eigenvalue weighted by Gasteiger charge is -2.04. The molecule has 2 aromatic rings. The third-order valence-corrected chi connectivity index (χ3v) is 4.24. The number of amides is 1. The van der Waals surface area contributed by atoms with Gasteiger partial charge in [0.25, 0.3) is 0 Å². The highest BCUT2D eigenvalue weighted by molar-refractivity contribution is 6.30. The molecule has 108 valence electrons. The molecular weight excluding hydrogens is 309 g/mol. The maximum atomic E-state index is 12.3. The van der Waals surface area contributed by atoms with Gasteiger partial charge in [0.2, 0.25) is 5.91 Å². The highest BCUT2D eigenvalue weighted by Gasteiger charge is 2.52. The van der Waals surface area contributed by atoms with Crippen molar-refractivity contribution in [3.63, 3.8) is 0 Å². The number of carbonyl (C=O) groups is 1. The summed E-state index contributed by atoms with van der Waals surface area (Å²) < 4.78 is 0. The minimum absolute atomic E-state index is 0.0535. The van der Waals surface area contributed by atoms with Crippen molar-refractivity contribution in [3.05, 3.63) is 52.4 Å². The molecule has 3 rings (SSSR count). The van der Waals surface area contributed by atoms with Crippen LogP contribution in [0.4, 0.5) is 5.82 Å². The van der Waals surface area contributed by atoms with Crippen molar-refractivity contribution in [2.24, 2.45) is 11.8 Å². The van der Waals surface area contributed by atoms with Gasteiger partial charge in [0.1, 0.15) is 17.3 Å². The molecular formula is C15H13Cl2N3O. The summed E-state index contributed by atoms with van der Waals surface area (Å²) >= 11 is 11.8. The Balaban J connectivity index is 1.72. The molecule has 0 radical (unpaired) electrons. The molecule has 1 heterocycles. The molecule has 1 fully saturated rings. The number of hydrogen-bond donors (Lipinski definition) is 1. The van der Waals surface area contributed by atoms with Crippen LogP contribution in [0.3, 0.4) is 0 Å². The topological polar surface area (TPSA) is 54.9 Å². The van der Waals surface area contributed by atoms with Gasteiger partial charge in [-0.3, -0.25) is 4.79 Å². The fraction of sp³-hybridized carbons (Fsp3) is 0.267. The molecule has 6 heteroatoms. The van der Waals surface area contributed by atoms with Crippen LogP contribution in [-0.4, -0.2) is 15.9 Å². The van der Waals surface area contributed by atoms with E-state index in [1.165, 1.54) is 12.4 Å². The molecule has 1 N–H and O–H groups in total. The second-order valence-corrected chi connectivity index (χ2v) is 6.00. The van der Waals surface area contributed by atoms with Crippen molar-refractivity contribution in [2.45, 2.75) is 12.8 Å². The van der Waals surface area contributed by atoms with E-state index in [1.807, 2.05) is 24.3 Å². The summed E-state index contributed by atoms with van der Waals surface area (Å²) in [6.45, 7) is 2.06. The SMILES string of the molecule is C[C@@H]1[C@@H](C(=O)Nc2cc(Cl)ncn2)[C@@H]1c1cccc(Cl)c1. The lowest BCUT2D eigenvalue weighted by atomic mass is 10.1. The minimum Gasteiger partial charge on any atom is -0.310 e. The van der Waals surface area contributed by atoms with Crippen molar-refractivity contribution in [1.82, 2.24) is 9.97 Å². The molecule has 1 aliphatic carbocycles. The van der Waals surface area contributed by atoms with Crippen LogP contribution in [0.15, 0.2) is 36.7 Å². The van der Waals surface area contributed by atoms with Crippen molar-refractivity contribution in [3.8, 4) is 0 Å². The molecule has 0 aliphatic heterocycles. The summed E-state index contributed by atoms with van der Waals surface area (Å²) in [5, 5.41) is 3.77. The molecule has 4 nitrogen and oxygen atoms in total. The normalized spacial score (nSPS) is 23.7. The Hall–Kier alpha value is -1.65. The lowest BCUT2D eigenvalue weighted by molar-refractivity contribution is -0.117. The van der Waals surface area contributed by atoms with Crippen LogP contribution in [0.25, 0.3) is 0 Å². The van der Waals surface area contributed by atoms with Gasteiger partial charge in [-0.05, 0) is 29.5 Å². The first kappa shape index (κ1) is 14.3. The van der Waals surface area contributed by atoms with E-state index in [-0.39, 0.29) is 23.7 Å². The average molecular weight is 322 g/mol. The van der Waals surface area contributed by atoms with Crippen LogP contribution in [0.5, 0.6) is 0 Å². The maximum absolute atomic E-state index is 12.3. The number of rotatable bonds is 3. The highest BCUT2D eigenvalue weighted by atomic mass is 35.5. The van der Waals surface area contributed by atoms with E-state index in [1.54, 1.807) is 0 Å². The van der Waals surface area contributed by atoms with Crippen LogP contribution >= 0.6 is 23.2 Å². The van der Waals surface area contributed by atoms with Gasteiger partial charge in [0, 0.05) is 17.0 Å². The molecule has 1 aliphatic rings. The quantitative estimate of drug-likeness (QED) is 0.875. The van der Waals surface area contributed by atoms with Gasteiger partial charge < -0.3 is 5.32 Å². The Kier molecular flexibility index (Phi) is 3.83. The Morgan fingerprint density at radius 3 is 2.76 bits per heavy atom. The first-order valence-corrected chi connectivity index (χ1v) is 7.36. The number of aromatic nitrogens is 2. The minimum atomic E-state index is -0.0720. The van der Waals surface area contributed by atoms with E-state index in [2.05, 4.69) is 22.2 Å². The molecule has 1 aromatic heterocycles. The Morgan fingerprint density at radius 2 is 2.05 bits per heavy atom. The van der Waals surface area contributed by atoms with Gasteiger partial charge >= 0.3 is 0 Å². The van der Waals surface area contributed by atoms with Crippen LogP contribution in [0.1, 0.15) is 18.4 Å². The van der Waals surface area contributed by atoms with Crippen molar-refractivity contribution in [2.75, 3.05) is 5.32 Å². The Morgan fingerprint density at radius 1 is 1.24 bits per heavy atom. The van der Waals surface area contributed by atoms with E-state index in [9.17, 15) is 4.79 Å². The molecule has 0 saturated heterocycles. The molecule has 3 atom stereocenters. The summed E-state index contributed by atoms with van der Waals surface area (Å²) in [6.07, 6.45) is 1.32. The fourth-order valence-corrected chi connectivity index (χ4v) is 3.05. The average Bonchev–Trinajstić information content (AvgIpc) is 3.10. The summed E-state index contributed by atoms with van der Waals surface area (Å²) in [4.78, 5) is 20.1. The summed E-state index contributed by atoms with van der Waals surface area (Å²) in [7, 11) is 0. The standard InChI is InChI=1S/C15H13Cl2N3O/c1-8-13(9-3-2-4-10(16)5-9)14(8)15(21)20-12-6-11(17)18-7-19-12/h2-8,13-14H,1H3,(H,18,19,20,21)/t8-,13-,14+/m0/s1. The van der Waals surface area contributed by atoms with Gasteiger partial charge in [-0.25, -0.2) is 9.97 Å². The first-order valence-electron chi connectivity index (χ1n) is 6.60. The summed E-state index contributed by atoms with van der Waals surface area (Å²) in [6, 6.07) is 9.18. The second kappa shape index (κ2) is 5.62. The molecule has 0 spiro atoms. The van der Waals surface area contributed by atoms with Crippen molar-refractivity contribution >= 4 is 34.9 Å². The van der Waals surface area contributed by atoms with E-state index >= 15 is 0 Å². The smallest absolute Gasteiger partial charge is 0.229 e. The molecule has 0 bridgehead atoms. The van der Waals surface area contributed by atoms with Gasteiger partial charge in [-0.15, -0.1) is 0 Å². The van der Waals surface area contributed by atoms with E-state index < -0.39 is 0 Å². The van der Waals surface area contributed by atoms with Crippen LogP contribution in [-0.2, 0) is 4.79 Å². The number of hydrogen-bond acceptors (Lipinski definition) is 3. The van der Waals surface area contributed by atoms with Crippen molar-refractivity contribution < 1.29 is 4.79 Å². The van der Waals surface area contributed by atoms with Crippen LogP contribution in [0.2, 0.25) is 10.2 Å².